The fourth-order valence-corrected chi connectivity index (χ4v) is 1.93. The molecule has 2 aromatic heterocycles. The Morgan fingerprint density at radius 2 is 2.16 bits per heavy atom. The van der Waals surface area contributed by atoms with E-state index in [9.17, 15) is 0 Å². The average Bonchev–Trinajstić information content (AvgIpc) is 3.22. The molecule has 0 atom stereocenters. The Labute approximate surface area is 116 Å². The lowest BCUT2D eigenvalue weighted by Gasteiger charge is -2.11. The van der Waals surface area contributed by atoms with E-state index in [2.05, 4.69) is 15.3 Å². The number of aromatic nitrogens is 2. The summed E-state index contributed by atoms with van der Waals surface area (Å²) in [4.78, 5) is 8.10. The molecule has 1 fully saturated rings. The van der Waals surface area contributed by atoms with E-state index < -0.39 is 0 Å². The molecule has 0 aromatic carbocycles. The zero-order valence-electron chi connectivity index (χ0n) is 10.3. The second-order valence-electron chi connectivity index (χ2n) is 4.58. The van der Waals surface area contributed by atoms with E-state index in [1.165, 1.54) is 12.8 Å². The number of rotatable bonds is 5. The van der Waals surface area contributed by atoms with Gasteiger partial charge in [0.2, 0.25) is 0 Å². The maximum Gasteiger partial charge on any atom is 0.150 e. The molecule has 2 aromatic rings. The first-order chi connectivity index (χ1) is 9.31. The van der Waals surface area contributed by atoms with E-state index in [4.69, 9.17) is 16.3 Å². The molecule has 2 heterocycles. The quantitative estimate of drug-likeness (QED) is 0.910. The average molecular weight is 276 g/mol. The van der Waals surface area contributed by atoms with E-state index in [0.29, 0.717) is 16.8 Å². The molecular weight excluding hydrogens is 262 g/mol. The summed E-state index contributed by atoms with van der Waals surface area (Å²) in [5.74, 6) is 1.35. The topological polar surface area (TPSA) is 47.0 Å². The minimum absolute atomic E-state index is 0.555. The summed E-state index contributed by atoms with van der Waals surface area (Å²) in [5.41, 5.74) is 1.09. The number of ether oxygens (including phenoxy) is 1. The Bertz CT molecular complexity index is 572. The second kappa shape index (κ2) is 5.55. The van der Waals surface area contributed by atoms with Gasteiger partial charge in [0.05, 0.1) is 17.4 Å². The minimum atomic E-state index is 0.555. The van der Waals surface area contributed by atoms with Crippen LogP contribution in [0.3, 0.4) is 0 Å². The SMILES string of the molecule is Clc1cncc(Oc2cnccc2CNC2CC2)c1. The van der Waals surface area contributed by atoms with Gasteiger partial charge < -0.3 is 10.1 Å². The van der Waals surface area contributed by atoms with Gasteiger partial charge in [0.15, 0.2) is 0 Å². The van der Waals surface area contributed by atoms with Crippen LogP contribution in [0.1, 0.15) is 18.4 Å². The molecule has 0 amide bonds. The van der Waals surface area contributed by atoms with Crippen molar-refractivity contribution in [3.63, 3.8) is 0 Å². The third-order valence-electron chi connectivity index (χ3n) is 2.94. The van der Waals surface area contributed by atoms with E-state index in [0.717, 1.165) is 17.9 Å². The van der Waals surface area contributed by atoms with Crippen LogP contribution in [0.25, 0.3) is 0 Å². The first-order valence-corrected chi connectivity index (χ1v) is 6.64. The summed E-state index contributed by atoms with van der Waals surface area (Å²) in [6.45, 7) is 0.788. The van der Waals surface area contributed by atoms with Crippen molar-refractivity contribution in [3.05, 3.63) is 47.5 Å². The highest BCUT2D eigenvalue weighted by atomic mass is 35.5. The molecule has 0 bridgehead atoms. The fourth-order valence-electron chi connectivity index (χ4n) is 1.76. The molecule has 1 N–H and O–H groups in total. The van der Waals surface area contributed by atoms with E-state index in [-0.39, 0.29) is 0 Å². The summed E-state index contributed by atoms with van der Waals surface area (Å²) in [6.07, 6.45) is 9.22. The molecule has 1 saturated carbocycles. The van der Waals surface area contributed by atoms with Crippen LogP contribution >= 0.6 is 11.6 Å². The van der Waals surface area contributed by atoms with Crippen LogP contribution in [-0.2, 0) is 6.54 Å². The molecule has 1 aliphatic rings. The van der Waals surface area contributed by atoms with Crippen LogP contribution in [0.15, 0.2) is 36.9 Å². The highest BCUT2D eigenvalue weighted by molar-refractivity contribution is 6.30. The lowest BCUT2D eigenvalue weighted by Crippen LogP contribution is -2.15. The molecule has 3 rings (SSSR count). The summed E-state index contributed by atoms with van der Waals surface area (Å²) in [5, 5.41) is 4.02. The van der Waals surface area contributed by atoms with Crippen molar-refractivity contribution in [1.29, 1.82) is 0 Å². The van der Waals surface area contributed by atoms with Crippen molar-refractivity contribution >= 4 is 11.6 Å². The smallest absolute Gasteiger partial charge is 0.150 e. The van der Waals surface area contributed by atoms with Crippen molar-refractivity contribution in [2.24, 2.45) is 0 Å². The number of halogens is 1. The van der Waals surface area contributed by atoms with Gasteiger partial charge in [-0.3, -0.25) is 9.97 Å². The van der Waals surface area contributed by atoms with Crippen molar-refractivity contribution in [2.45, 2.75) is 25.4 Å². The van der Waals surface area contributed by atoms with E-state index in [1.54, 1.807) is 30.9 Å². The molecule has 0 spiro atoms. The predicted octanol–water partition coefficient (Wildman–Crippen LogP) is 3.17. The summed E-state index contributed by atoms with van der Waals surface area (Å²) in [6, 6.07) is 4.36. The summed E-state index contributed by atoms with van der Waals surface area (Å²) >= 11 is 5.89. The Balaban J connectivity index is 1.75. The normalized spacial score (nSPS) is 14.4. The minimum Gasteiger partial charge on any atom is -0.454 e. The van der Waals surface area contributed by atoms with Crippen LogP contribution in [0, 0.1) is 0 Å². The third kappa shape index (κ3) is 3.43. The second-order valence-corrected chi connectivity index (χ2v) is 5.02. The Kier molecular flexibility index (Phi) is 3.62. The molecule has 19 heavy (non-hydrogen) atoms. The molecule has 0 unspecified atom stereocenters. The van der Waals surface area contributed by atoms with Gasteiger partial charge in [-0.25, -0.2) is 0 Å². The first-order valence-electron chi connectivity index (χ1n) is 6.26. The maximum atomic E-state index is 5.89. The van der Waals surface area contributed by atoms with Crippen LogP contribution in [0.5, 0.6) is 11.5 Å². The predicted molar refractivity (Wildman–Crippen MR) is 73.4 cm³/mol. The fraction of sp³-hybridized carbons (Fsp3) is 0.286. The monoisotopic (exact) mass is 275 g/mol. The largest absolute Gasteiger partial charge is 0.454 e. The standard InChI is InChI=1S/C14H14ClN3O/c15-11-5-13(8-17-7-11)19-14-9-16-4-3-10(14)6-18-12-1-2-12/h3-5,7-9,12,18H,1-2,6H2. The van der Waals surface area contributed by atoms with Crippen molar-refractivity contribution in [1.82, 2.24) is 15.3 Å². The van der Waals surface area contributed by atoms with Gasteiger partial charge in [0.25, 0.3) is 0 Å². The molecule has 4 nitrogen and oxygen atoms in total. The molecular formula is C14H14ClN3O. The van der Waals surface area contributed by atoms with Crippen LogP contribution in [-0.4, -0.2) is 16.0 Å². The van der Waals surface area contributed by atoms with Crippen LogP contribution < -0.4 is 10.1 Å². The molecule has 0 radical (unpaired) electrons. The van der Waals surface area contributed by atoms with Gasteiger partial charge in [-0.05, 0) is 18.9 Å². The van der Waals surface area contributed by atoms with Gasteiger partial charge in [-0.15, -0.1) is 0 Å². The number of nitrogens with one attached hydrogen (secondary N) is 1. The van der Waals surface area contributed by atoms with Crippen molar-refractivity contribution in [3.8, 4) is 11.5 Å². The van der Waals surface area contributed by atoms with Gasteiger partial charge in [-0.1, -0.05) is 11.6 Å². The summed E-state index contributed by atoms with van der Waals surface area (Å²) < 4.78 is 5.79. The van der Waals surface area contributed by atoms with E-state index >= 15 is 0 Å². The molecule has 5 heteroatoms. The highest BCUT2D eigenvalue weighted by Crippen LogP contribution is 2.26. The van der Waals surface area contributed by atoms with Crippen molar-refractivity contribution < 1.29 is 4.74 Å². The van der Waals surface area contributed by atoms with Crippen molar-refractivity contribution in [2.75, 3.05) is 0 Å². The van der Waals surface area contributed by atoms with Gasteiger partial charge in [0, 0.05) is 36.6 Å². The number of pyridine rings is 2. The Morgan fingerprint density at radius 1 is 1.26 bits per heavy atom. The zero-order chi connectivity index (χ0) is 13.1. The Morgan fingerprint density at radius 3 is 2.95 bits per heavy atom. The number of hydrogen-bond acceptors (Lipinski definition) is 4. The highest BCUT2D eigenvalue weighted by Gasteiger charge is 2.20. The molecule has 98 valence electrons. The van der Waals surface area contributed by atoms with Gasteiger partial charge in [0.1, 0.15) is 11.5 Å². The zero-order valence-corrected chi connectivity index (χ0v) is 11.1. The molecule has 0 saturated heterocycles. The lowest BCUT2D eigenvalue weighted by molar-refractivity contribution is 0.468. The van der Waals surface area contributed by atoms with Crippen LogP contribution in [0.2, 0.25) is 5.02 Å². The molecule has 0 aliphatic heterocycles. The maximum absolute atomic E-state index is 5.89. The summed E-state index contributed by atoms with van der Waals surface area (Å²) in [7, 11) is 0. The molecule has 1 aliphatic carbocycles. The third-order valence-corrected chi connectivity index (χ3v) is 3.14. The van der Waals surface area contributed by atoms with Crippen LogP contribution in [0.4, 0.5) is 0 Å². The number of nitrogens with zero attached hydrogens (tertiary/aromatic N) is 2. The van der Waals surface area contributed by atoms with Gasteiger partial charge >= 0.3 is 0 Å². The Hall–Kier alpha value is -1.65. The number of hydrogen-bond donors (Lipinski definition) is 1. The van der Waals surface area contributed by atoms with E-state index in [1.807, 2.05) is 6.07 Å². The lowest BCUT2D eigenvalue weighted by atomic mass is 10.2. The van der Waals surface area contributed by atoms with Gasteiger partial charge in [-0.2, -0.15) is 0 Å². The first kappa shape index (κ1) is 12.4.